The summed E-state index contributed by atoms with van der Waals surface area (Å²) in [7, 11) is 2.37. The minimum Gasteiger partial charge on any atom is -0.467 e. The van der Waals surface area contributed by atoms with Gasteiger partial charge in [0.1, 0.15) is 0 Å². The van der Waals surface area contributed by atoms with Gasteiger partial charge in [0.05, 0.1) is 14.2 Å². The zero-order valence-corrected chi connectivity index (χ0v) is 12.9. The van der Waals surface area contributed by atoms with Gasteiger partial charge in [0, 0.05) is 18.2 Å². The largest absolute Gasteiger partial charge is 0.467 e. The van der Waals surface area contributed by atoms with E-state index in [4.69, 9.17) is 9.47 Å². The number of hydrogen-bond acceptors (Lipinski definition) is 7. The number of anilines is 1. The fraction of sp³-hybridized carbons (Fsp3) is 0.400. The monoisotopic (exact) mass is 323 g/mol. The van der Waals surface area contributed by atoms with Crippen molar-refractivity contribution in [2.24, 2.45) is 0 Å². The van der Waals surface area contributed by atoms with Gasteiger partial charge in [-0.3, -0.25) is 4.79 Å². The second kappa shape index (κ2) is 7.21. The zero-order valence-electron chi connectivity index (χ0n) is 12.9. The molecular formula is C15H17NO7. The fourth-order valence-electron chi connectivity index (χ4n) is 2.16. The van der Waals surface area contributed by atoms with Crippen molar-refractivity contribution in [2.45, 2.75) is 25.4 Å². The van der Waals surface area contributed by atoms with E-state index < -0.39 is 30.4 Å². The summed E-state index contributed by atoms with van der Waals surface area (Å²) < 4.78 is 20.2. The van der Waals surface area contributed by atoms with Crippen LogP contribution in [0.1, 0.15) is 18.8 Å². The molecule has 0 spiro atoms. The summed E-state index contributed by atoms with van der Waals surface area (Å²) >= 11 is 0. The number of hydrogen-bond donors (Lipinski definition) is 1. The third kappa shape index (κ3) is 3.85. The van der Waals surface area contributed by atoms with E-state index in [0.29, 0.717) is 11.3 Å². The third-order valence-electron chi connectivity index (χ3n) is 3.16. The van der Waals surface area contributed by atoms with Gasteiger partial charge in [-0.05, 0) is 12.1 Å². The van der Waals surface area contributed by atoms with Crippen molar-refractivity contribution in [3.63, 3.8) is 0 Å². The van der Waals surface area contributed by atoms with Crippen molar-refractivity contribution < 1.29 is 33.3 Å². The highest BCUT2D eigenvalue weighted by Crippen LogP contribution is 2.33. The Kier molecular flexibility index (Phi) is 5.30. The van der Waals surface area contributed by atoms with E-state index in [0.717, 1.165) is 0 Å². The van der Waals surface area contributed by atoms with Crippen LogP contribution >= 0.6 is 0 Å². The molecule has 0 bridgehead atoms. The average molecular weight is 323 g/mol. The Hall–Kier alpha value is -2.45. The van der Waals surface area contributed by atoms with Crippen LogP contribution in [-0.4, -0.2) is 44.3 Å². The number of carbonyl (C=O) groups excluding carboxylic acids is 3. The lowest BCUT2D eigenvalue weighted by Gasteiger charge is -2.12. The van der Waals surface area contributed by atoms with E-state index in [-0.39, 0.29) is 5.91 Å². The molecule has 1 amide bonds. The van der Waals surface area contributed by atoms with Gasteiger partial charge >= 0.3 is 11.9 Å². The van der Waals surface area contributed by atoms with Crippen LogP contribution in [0.5, 0.6) is 0 Å². The van der Waals surface area contributed by atoms with Gasteiger partial charge in [-0.1, -0.05) is 12.1 Å². The molecule has 0 aromatic heterocycles. The normalized spacial score (nSPS) is 20.8. The number of methoxy groups -OCH3 is 2. The number of carbonyl (C=O) groups is 3. The van der Waals surface area contributed by atoms with E-state index in [9.17, 15) is 14.4 Å². The average Bonchev–Trinajstić information content (AvgIpc) is 2.98. The van der Waals surface area contributed by atoms with E-state index in [1.54, 1.807) is 24.3 Å². The first kappa shape index (κ1) is 16.9. The molecule has 2 rings (SSSR count). The smallest absolute Gasteiger partial charge is 0.338 e. The molecule has 1 heterocycles. The second-order valence-corrected chi connectivity index (χ2v) is 4.80. The van der Waals surface area contributed by atoms with Gasteiger partial charge in [0.15, 0.2) is 18.5 Å². The molecule has 1 aromatic rings. The number of rotatable bonds is 4. The van der Waals surface area contributed by atoms with Crippen LogP contribution in [0.2, 0.25) is 0 Å². The molecule has 0 saturated carbocycles. The topological polar surface area (TPSA) is 100 Å². The molecule has 8 nitrogen and oxygen atoms in total. The predicted octanol–water partition coefficient (Wildman–Crippen LogP) is 0.774. The van der Waals surface area contributed by atoms with Crippen molar-refractivity contribution in [3.05, 3.63) is 29.8 Å². The summed E-state index contributed by atoms with van der Waals surface area (Å²) in [4.78, 5) is 34.6. The van der Waals surface area contributed by atoms with Gasteiger partial charge in [0.25, 0.3) is 0 Å². The van der Waals surface area contributed by atoms with Crippen LogP contribution in [0.25, 0.3) is 0 Å². The Morgan fingerprint density at radius 1 is 1.04 bits per heavy atom. The van der Waals surface area contributed by atoms with Crippen LogP contribution in [0.4, 0.5) is 5.69 Å². The van der Waals surface area contributed by atoms with Gasteiger partial charge in [-0.15, -0.1) is 0 Å². The number of esters is 2. The highest BCUT2D eigenvalue weighted by molar-refractivity contribution is 5.88. The molecule has 1 aliphatic rings. The standard InChI is InChI=1S/C15H17NO7/c1-8(17)16-10-6-4-5-9(7-10)15-22-11(13(18)20-2)12(23-15)14(19)21-3/h4-7,11-12,15H,1-3H3,(H,16,17)/t11-,12-/m1/s1. The molecule has 0 unspecified atom stereocenters. The third-order valence-corrected chi connectivity index (χ3v) is 3.16. The summed E-state index contributed by atoms with van der Waals surface area (Å²) in [6.45, 7) is 1.38. The number of ether oxygens (including phenoxy) is 4. The summed E-state index contributed by atoms with van der Waals surface area (Å²) in [6.07, 6.45) is -3.40. The highest BCUT2D eigenvalue weighted by Gasteiger charge is 2.47. The molecule has 8 heteroatoms. The first-order valence-electron chi connectivity index (χ1n) is 6.80. The number of nitrogens with one attached hydrogen (secondary N) is 1. The lowest BCUT2D eigenvalue weighted by molar-refractivity contribution is -0.160. The maximum atomic E-state index is 11.7. The fourth-order valence-corrected chi connectivity index (χ4v) is 2.16. The Bertz CT molecular complexity index is 592. The van der Waals surface area contributed by atoms with Gasteiger partial charge in [-0.2, -0.15) is 0 Å². The first-order chi connectivity index (χ1) is 11.0. The van der Waals surface area contributed by atoms with Crippen molar-refractivity contribution in [1.29, 1.82) is 0 Å². The van der Waals surface area contributed by atoms with E-state index in [1.807, 2.05) is 0 Å². The number of benzene rings is 1. The van der Waals surface area contributed by atoms with Gasteiger partial charge in [0.2, 0.25) is 5.91 Å². The lowest BCUT2D eigenvalue weighted by atomic mass is 10.2. The zero-order chi connectivity index (χ0) is 17.0. The molecule has 1 fully saturated rings. The molecule has 1 aromatic carbocycles. The van der Waals surface area contributed by atoms with Crippen LogP contribution in [0.3, 0.4) is 0 Å². The van der Waals surface area contributed by atoms with Crippen LogP contribution in [-0.2, 0) is 33.3 Å². The quantitative estimate of drug-likeness (QED) is 0.817. The lowest BCUT2D eigenvalue weighted by Crippen LogP contribution is -2.38. The minimum atomic E-state index is -1.22. The van der Waals surface area contributed by atoms with Crippen molar-refractivity contribution in [2.75, 3.05) is 19.5 Å². The van der Waals surface area contributed by atoms with Crippen LogP contribution in [0, 0.1) is 0 Å². The Morgan fingerprint density at radius 3 is 2.09 bits per heavy atom. The molecule has 1 aliphatic heterocycles. The molecular weight excluding hydrogens is 306 g/mol. The molecule has 1 saturated heterocycles. The van der Waals surface area contributed by atoms with E-state index in [2.05, 4.69) is 14.8 Å². The second-order valence-electron chi connectivity index (χ2n) is 4.80. The molecule has 0 aliphatic carbocycles. The molecule has 0 radical (unpaired) electrons. The van der Waals surface area contributed by atoms with Crippen LogP contribution < -0.4 is 5.32 Å². The van der Waals surface area contributed by atoms with Gasteiger partial charge < -0.3 is 24.3 Å². The van der Waals surface area contributed by atoms with Crippen molar-refractivity contribution in [1.82, 2.24) is 0 Å². The summed E-state index contributed by atoms with van der Waals surface area (Å²) in [6, 6.07) is 6.69. The summed E-state index contributed by atoms with van der Waals surface area (Å²) in [5, 5.41) is 2.63. The molecule has 2 atom stereocenters. The van der Waals surface area contributed by atoms with Crippen molar-refractivity contribution >= 4 is 23.5 Å². The maximum absolute atomic E-state index is 11.7. The maximum Gasteiger partial charge on any atom is 0.338 e. The molecule has 1 N–H and O–H groups in total. The molecule has 124 valence electrons. The molecule has 23 heavy (non-hydrogen) atoms. The summed E-state index contributed by atoms with van der Waals surface area (Å²) in [5.74, 6) is -1.70. The predicted molar refractivity (Wildman–Crippen MR) is 77.3 cm³/mol. The highest BCUT2D eigenvalue weighted by atomic mass is 16.8. The van der Waals surface area contributed by atoms with Crippen LogP contribution in [0.15, 0.2) is 24.3 Å². The first-order valence-corrected chi connectivity index (χ1v) is 6.80. The Balaban J connectivity index is 2.22. The SMILES string of the molecule is COC(=O)[C@@H]1OC(c2cccc(NC(C)=O)c2)O[C@H]1C(=O)OC. The van der Waals surface area contributed by atoms with E-state index >= 15 is 0 Å². The summed E-state index contributed by atoms with van der Waals surface area (Å²) in [5.41, 5.74) is 1.08. The van der Waals surface area contributed by atoms with Gasteiger partial charge in [-0.25, -0.2) is 9.59 Å². The Labute approximate surface area is 132 Å². The van der Waals surface area contributed by atoms with E-state index in [1.165, 1.54) is 21.1 Å². The Morgan fingerprint density at radius 2 is 1.61 bits per heavy atom. The number of amides is 1. The minimum absolute atomic E-state index is 0.227. The van der Waals surface area contributed by atoms with Crippen molar-refractivity contribution in [3.8, 4) is 0 Å².